The largest absolute Gasteiger partial charge is 0.381 e. The zero-order valence-electron chi connectivity index (χ0n) is 7.88. The highest BCUT2D eigenvalue weighted by Crippen LogP contribution is 2.26. The maximum atomic E-state index is 5.36. The summed E-state index contributed by atoms with van der Waals surface area (Å²) in [6.07, 6.45) is 3.92. The van der Waals surface area contributed by atoms with E-state index in [1.807, 2.05) is 0 Å². The van der Waals surface area contributed by atoms with E-state index in [1.165, 1.54) is 25.8 Å². The van der Waals surface area contributed by atoms with Gasteiger partial charge in [-0.3, -0.25) is 0 Å². The number of ether oxygens (including phenoxy) is 1. The van der Waals surface area contributed by atoms with Gasteiger partial charge in [-0.2, -0.15) is 0 Å². The summed E-state index contributed by atoms with van der Waals surface area (Å²) in [5.41, 5.74) is 0. The lowest BCUT2D eigenvalue weighted by Crippen LogP contribution is -2.34. The number of hydrogen-bond acceptors (Lipinski definition) is 2. The first-order valence-electron chi connectivity index (χ1n) is 5.17. The summed E-state index contributed by atoms with van der Waals surface area (Å²) in [6, 6.07) is 0.795. The molecule has 0 aliphatic carbocycles. The second kappa shape index (κ2) is 3.75. The van der Waals surface area contributed by atoms with Crippen molar-refractivity contribution in [2.75, 3.05) is 19.8 Å². The molecule has 0 aromatic carbocycles. The molecule has 0 amide bonds. The molecule has 2 heterocycles. The smallest absolute Gasteiger partial charge is 0.0469 e. The van der Waals surface area contributed by atoms with Crippen molar-refractivity contribution in [3.8, 4) is 0 Å². The molecule has 0 bridgehead atoms. The Kier molecular flexibility index (Phi) is 2.66. The van der Waals surface area contributed by atoms with Crippen LogP contribution >= 0.6 is 0 Å². The van der Waals surface area contributed by atoms with E-state index in [9.17, 15) is 0 Å². The van der Waals surface area contributed by atoms with E-state index in [-0.39, 0.29) is 0 Å². The normalized spacial score (nSPS) is 38.8. The Balaban J connectivity index is 1.83. The SMILES string of the molecule is CC1CNC(C2CCOCC2)C1. The highest BCUT2D eigenvalue weighted by molar-refractivity contribution is 4.85. The van der Waals surface area contributed by atoms with Crippen LogP contribution in [-0.4, -0.2) is 25.8 Å². The van der Waals surface area contributed by atoms with Crippen molar-refractivity contribution in [2.45, 2.75) is 32.2 Å². The Morgan fingerprint density at radius 2 is 2.00 bits per heavy atom. The molecule has 0 aromatic rings. The molecule has 0 aromatic heterocycles. The zero-order chi connectivity index (χ0) is 8.39. The fourth-order valence-electron chi connectivity index (χ4n) is 2.43. The molecule has 0 saturated carbocycles. The second-order valence-corrected chi connectivity index (χ2v) is 4.31. The summed E-state index contributed by atoms with van der Waals surface area (Å²) in [7, 11) is 0. The van der Waals surface area contributed by atoms with Crippen molar-refractivity contribution >= 4 is 0 Å². The maximum Gasteiger partial charge on any atom is 0.0469 e. The molecule has 12 heavy (non-hydrogen) atoms. The Morgan fingerprint density at radius 3 is 2.58 bits per heavy atom. The summed E-state index contributed by atoms with van der Waals surface area (Å²) in [6.45, 7) is 5.53. The van der Waals surface area contributed by atoms with Crippen molar-refractivity contribution in [3.05, 3.63) is 0 Å². The molecule has 0 radical (unpaired) electrons. The molecule has 1 N–H and O–H groups in total. The molecule has 70 valence electrons. The van der Waals surface area contributed by atoms with Crippen LogP contribution in [0, 0.1) is 11.8 Å². The van der Waals surface area contributed by atoms with E-state index in [0.717, 1.165) is 31.1 Å². The van der Waals surface area contributed by atoms with Gasteiger partial charge in [0.1, 0.15) is 0 Å². The molecule has 2 aliphatic heterocycles. The standard InChI is InChI=1S/C10H19NO/c1-8-6-10(11-7-8)9-2-4-12-5-3-9/h8-11H,2-7H2,1H3. The van der Waals surface area contributed by atoms with Gasteiger partial charge in [-0.1, -0.05) is 6.92 Å². The van der Waals surface area contributed by atoms with Crippen LogP contribution in [0.2, 0.25) is 0 Å². The van der Waals surface area contributed by atoms with Crippen LogP contribution in [-0.2, 0) is 4.74 Å². The zero-order valence-corrected chi connectivity index (χ0v) is 7.88. The first-order chi connectivity index (χ1) is 5.86. The number of rotatable bonds is 1. The fourth-order valence-corrected chi connectivity index (χ4v) is 2.43. The predicted molar refractivity (Wildman–Crippen MR) is 49.1 cm³/mol. The van der Waals surface area contributed by atoms with Crippen molar-refractivity contribution in [1.82, 2.24) is 5.32 Å². The van der Waals surface area contributed by atoms with Crippen molar-refractivity contribution in [2.24, 2.45) is 11.8 Å². The van der Waals surface area contributed by atoms with Gasteiger partial charge in [0.05, 0.1) is 0 Å². The minimum absolute atomic E-state index is 0.795. The third kappa shape index (κ3) is 1.80. The monoisotopic (exact) mass is 169 g/mol. The topological polar surface area (TPSA) is 21.3 Å². The molecular weight excluding hydrogens is 150 g/mol. The molecule has 2 heteroatoms. The Labute approximate surface area is 74.7 Å². The molecule has 2 rings (SSSR count). The molecule has 2 saturated heterocycles. The van der Waals surface area contributed by atoms with Crippen molar-refractivity contribution in [1.29, 1.82) is 0 Å². The van der Waals surface area contributed by atoms with E-state index < -0.39 is 0 Å². The molecule has 2 aliphatic rings. The van der Waals surface area contributed by atoms with Gasteiger partial charge >= 0.3 is 0 Å². The van der Waals surface area contributed by atoms with Crippen LogP contribution in [0.5, 0.6) is 0 Å². The minimum atomic E-state index is 0.795. The second-order valence-electron chi connectivity index (χ2n) is 4.31. The summed E-state index contributed by atoms with van der Waals surface area (Å²) < 4.78 is 5.36. The van der Waals surface area contributed by atoms with Crippen LogP contribution in [0.3, 0.4) is 0 Å². The highest BCUT2D eigenvalue weighted by atomic mass is 16.5. The first kappa shape index (κ1) is 8.52. The van der Waals surface area contributed by atoms with Crippen LogP contribution in [0.1, 0.15) is 26.2 Å². The fraction of sp³-hybridized carbons (Fsp3) is 1.00. The Hall–Kier alpha value is -0.0800. The summed E-state index contributed by atoms with van der Waals surface area (Å²) in [5, 5.41) is 3.62. The molecule has 2 unspecified atom stereocenters. The average Bonchev–Trinajstić information content (AvgIpc) is 2.54. The lowest BCUT2D eigenvalue weighted by atomic mass is 9.89. The molecule has 2 atom stereocenters. The summed E-state index contributed by atoms with van der Waals surface area (Å²) >= 11 is 0. The summed E-state index contributed by atoms with van der Waals surface area (Å²) in [5.74, 6) is 1.78. The van der Waals surface area contributed by atoms with Crippen LogP contribution in [0.25, 0.3) is 0 Å². The van der Waals surface area contributed by atoms with E-state index in [2.05, 4.69) is 12.2 Å². The Morgan fingerprint density at radius 1 is 1.25 bits per heavy atom. The number of nitrogens with one attached hydrogen (secondary N) is 1. The lowest BCUT2D eigenvalue weighted by molar-refractivity contribution is 0.0558. The van der Waals surface area contributed by atoms with Gasteiger partial charge in [0.15, 0.2) is 0 Å². The van der Waals surface area contributed by atoms with E-state index in [4.69, 9.17) is 4.74 Å². The Bertz CT molecular complexity index is 140. The maximum absolute atomic E-state index is 5.36. The van der Waals surface area contributed by atoms with Gasteiger partial charge in [-0.05, 0) is 37.6 Å². The third-order valence-electron chi connectivity index (χ3n) is 3.22. The van der Waals surface area contributed by atoms with Crippen molar-refractivity contribution < 1.29 is 4.74 Å². The minimum Gasteiger partial charge on any atom is -0.381 e. The third-order valence-corrected chi connectivity index (χ3v) is 3.22. The molecular formula is C10H19NO. The first-order valence-corrected chi connectivity index (χ1v) is 5.17. The summed E-state index contributed by atoms with van der Waals surface area (Å²) in [4.78, 5) is 0. The van der Waals surface area contributed by atoms with Crippen LogP contribution < -0.4 is 5.32 Å². The average molecular weight is 169 g/mol. The van der Waals surface area contributed by atoms with Gasteiger partial charge in [0, 0.05) is 19.3 Å². The molecule has 0 spiro atoms. The molecule has 2 nitrogen and oxygen atoms in total. The quantitative estimate of drug-likeness (QED) is 0.641. The number of hydrogen-bond donors (Lipinski definition) is 1. The van der Waals surface area contributed by atoms with Gasteiger partial charge in [-0.25, -0.2) is 0 Å². The van der Waals surface area contributed by atoms with Crippen molar-refractivity contribution in [3.63, 3.8) is 0 Å². The van der Waals surface area contributed by atoms with E-state index in [0.29, 0.717) is 0 Å². The highest BCUT2D eigenvalue weighted by Gasteiger charge is 2.29. The predicted octanol–water partition coefficient (Wildman–Crippen LogP) is 1.41. The van der Waals surface area contributed by atoms with E-state index in [1.54, 1.807) is 0 Å². The van der Waals surface area contributed by atoms with Gasteiger partial charge in [0.25, 0.3) is 0 Å². The molecule has 2 fully saturated rings. The van der Waals surface area contributed by atoms with Crippen LogP contribution in [0.4, 0.5) is 0 Å². The lowest BCUT2D eigenvalue weighted by Gasteiger charge is -2.27. The van der Waals surface area contributed by atoms with Gasteiger partial charge in [0.2, 0.25) is 0 Å². The van der Waals surface area contributed by atoms with Gasteiger partial charge < -0.3 is 10.1 Å². The van der Waals surface area contributed by atoms with Gasteiger partial charge in [-0.15, -0.1) is 0 Å². The van der Waals surface area contributed by atoms with Crippen LogP contribution in [0.15, 0.2) is 0 Å². The van der Waals surface area contributed by atoms with E-state index >= 15 is 0 Å².